The molecule has 0 aromatic carbocycles. The predicted molar refractivity (Wildman–Crippen MR) is 97.5 cm³/mol. The van der Waals surface area contributed by atoms with Gasteiger partial charge >= 0.3 is 0 Å². The van der Waals surface area contributed by atoms with Crippen molar-refractivity contribution in [3.8, 4) is 0 Å². The minimum Gasteiger partial charge on any atom is -0.337 e. The van der Waals surface area contributed by atoms with Crippen LogP contribution in [0, 0.1) is 20.8 Å². The normalized spacial score (nSPS) is 16.4. The Hall–Kier alpha value is -1.66. The van der Waals surface area contributed by atoms with Crippen LogP contribution in [0.2, 0.25) is 0 Å². The first-order chi connectivity index (χ1) is 11.5. The van der Waals surface area contributed by atoms with Gasteiger partial charge in [0.05, 0.1) is 17.1 Å². The molecule has 1 amide bonds. The van der Waals surface area contributed by atoms with E-state index in [2.05, 4.69) is 35.3 Å². The second-order valence-corrected chi connectivity index (χ2v) is 7.88. The molecule has 0 spiro atoms. The molecular weight excluding hydrogens is 320 g/mol. The molecule has 0 atom stereocenters. The van der Waals surface area contributed by atoms with Crippen molar-refractivity contribution < 1.29 is 4.79 Å². The first-order valence-electron chi connectivity index (χ1n) is 8.52. The van der Waals surface area contributed by atoms with Crippen molar-refractivity contribution in [1.82, 2.24) is 19.4 Å². The van der Waals surface area contributed by atoms with Crippen LogP contribution in [0.3, 0.4) is 0 Å². The van der Waals surface area contributed by atoms with Crippen LogP contribution in [0.25, 0.3) is 0 Å². The number of carbonyl (C=O) groups excluding carboxylic acids is 1. The quantitative estimate of drug-likeness (QED) is 0.858. The molecule has 3 heterocycles. The fourth-order valence-corrected chi connectivity index (χ4v) is 4.00. The summed E-state index contributed by atoms with van der Waals surface area (Å²) in [6, 6.07) is 3.97. The van der Waals surface area contributed by atoms with E-state index in [9.17, 15) is 4.79 Å². The van der Waals surface area contributed by atoms with Crippen LogP contribution in [0.15, 0.2) is 12.1 Å². The molecule has 1 aliphatic heterocycles. The van der Waals surface area contributed by atoms with Gasteiger partial charge in [0.2, 0.25) is 0 Å². The zero-order valence-corrected chi connectivity index (χ0v) is 15.8. The minimum atomic E-state index is 0.179. The lowest BCUT2D eigenvalue weighted by Gasteiger charge is -2.21. The van der Waals surface area contributed by atoms with Crippen LogP contribution >= 0.6 is 11.3 Å². The van der Waals surface area contributed by atoms with Gasteiger partial charge in [-0.15, -0.1) is 11.3 Å². The highest BCUT2D eigenvalue weighted by molar-refractivity contribution is 7.13. The zero-order valence-electron chi connectivity index (χ0n) is 15.0. The molecule has 0 aliphatic carbocycles. The van der Waals surface area contributed by atoms with E-state index in [1.165, 1.54) is 10.6 Å². The van der Waals surface area contributed by atoms with Crippen LogP contribution in [0.5, 0.6) is 0 Å². The smallest absolute Gasteiger partial charge is 0.263 e. The maximum Gasteiger partial charge on any atom is 0.263 e. The lowest BCUT2D eigenvalue weighted by molar-refractivity contribution is 0.0766. The number of thiophene rings is 1. The lowest BCUT2D eigenvalue weighted by atomic mass is 10.3. The van der Waals surface area contributed by atoms with E-state index in [4.69, 9.17) is 0 Å². The van der Waals surface area contributed by atoms with Gasteiger partial charge in [-0.25, -0.2) is 4.98 Å². The minimum absolute atomic E-state index is 0.179. The monoisotopic (exact) mass is 346 g/mol. The standard InChI is InChI=1S/C18H26N4OS/c1-13-6-7-16(24-13)18(23)22-9-5-8-21(10-11-22)12-17-19-14(2)15(3)20(17)4/h6-7H,5,8-12H2,1-4H3. The Labute approximate surface area is 147 Å². The number of aryl methyl sites for hydroxylation is 2. The molecule has 0 saturated carbocycles. The van der Waals surface area contributed by atoms with Gasteiger partial charge in [0.15, 0.2) is 0 Å². The lowest BCUT2D eigenvalue weighted by Crippen LogP contribution is -2.35. The molecule has 0 radical (unpaired) electrons. The molecule has 3 rings (SSSR count). The number of nitrogens with zero attached hydrogens (tertiary/aromatic N) is 4. The second kappa shape index (κ2) is 7.07. The molecule has 130 valence electrons. The molecule has 1 saturated heterocycles. The number of hydrogen-bond acceptors (Lipinski definition) is 4. The van der Waals surface area contributed by atoms with Gasteiger partial charge in [0, 0.05) is 43.8 Å². The Balaban J connectivity index is 1.62. The Morgan fingerprint density at radius 2 is 1.96 bits per heavy atom. The summed E-state index contributed by atoms with van der Waals surface area (Å²) in [6.07, 6.45) is 1.01. The predicted octanol–water partition coefficient (Wildman–Crippen LogP) is 2.75. The summed E-state index contributed by atoms with van der Waals surface area (Å²) in [6.45, 7) is 10.6. The summed E-state index contributed by atoms with van der Waals surface area (Å²) in [7, 11) is 2.08. The van der Waals surface area contributed by atoms with Crippen molar-refractivity contribution >= 4 is 17.2 Å². The number of rotatable bonds is 3. The van der Waals surface area contributed by atoms with E-state index < -0.39 is 0 Å². The number of aromatic nitrogens is 2. The number of imidazole rings is 1. The van der Waals surface area contributed by atoms with Crippen molar-refractivity contribution in [3.63, 3.8) is 0 Å². The average molecular weight is 347 g/mol. The molecular formula is C18H26N4OS. The fourth-order valence-electron chi connectivity index (χ4n) is 3.16. The maximum absolute atomic E-state index is 12.6. The van der Waals surface area contributed by atoms with Gasteiger partial charge in [0.25, 0.3) is 5.91 Å². The van der Waals surface area contributed by atoms with E-state index >= 15 is 0 Å². The summed E-state index contributed by atoms with van der Waals surface area (Å²) in [5.74, 6) is 1.29. The van der Waals surface area contributed by atoms with Crippen LogP contribution in [0.1, 0.15) is 38.2 Å². The molecule has 1 aliphatic rings. The summed E-state index contributed by atoms with van der Waals surface area (Å²) >= 11 is 1.59. The van der Waals surface area contributed by atoms with Crippen molar-refractivity contribution in [2.45, 2.75) is 33.7 Å². The molecule has 5 nitrogen and oxygen atoms in total. The SMILES string of the molecule is Cc1ccc(C(=O)N2CCCN(Cc3nc(C)c(C)n3C)CC2)s1. The fraction of sp³-hybridized carbons (Fsp3) is 0.556. The first kappa shape index (κ1) is 17.2. The zero-order chi connectivity index (χ0) is 17.3. The molecule has 0 N–H and O–H groups in total. The van der Waals surface area contributed by atoms with Crippen LogP contribution < -0.4 is 0 Å². The highest BCUT2D eigenvalue weighted by atomic mass is 32.1. The van der Waals surface area contributed by atoms with Gasteiger partial charge < -0.3 is 9.47 Å². The van der Waals surface area contributed by atoms with E-state index in [0.717, 1.165) is 55.5 Å². The third-order valence-electron chi connectivity index (χ3n) is 4.90. The van der Waals surface area contributed by atoms with Gasteiger partial charge in [-0.3, -0.25) is 9.69 Å². The van der Waals surface area contributed by atoms with Gasteiger partial charge in [-0.2, -0.15) is 0 Å². The second-order valence-electron chi connectivity index (χ2n) is 6.59. The van der Waals surface area contributed by atoms with E-state index in [1.807, 2.05) is 24.0 Å². The Morgan fingerprint density at radius 3 is 2.58 bits per heavy atom. The summed E-state index contributed by atoms with van der Waals surface area (Å²) in [5, 5.41) is 0. The molecule has 0 unspecified atom stereocenters. The Bertz CT molecular complexity index is 733. The van der Waals surface area contributed by atoms with Crippen molar-refractivity contribution in [2.24, 2.45) is 7.05 Å². The van der Waals surface area contributed by atoms with Crippen molar-refractivity contribution in [1.29, 1.82) is 0 Å². The molecule has 6 heteroatoms. The molecule has 0 bridgehead atoms. The van der Waals surface area contributed by atoms with Gasteiger partial charge in [-0.05, 0) is 39.3 Å². The maximum atomic E-state index is 12.6. The first-order valence-corrected chi connectivity index (χ1v) is 9.34. The highest BCUT2D eigenvalue weighted by Crippen LogP contribution is 2.19. The summed E-state index contributed by atoms with van der Waals surface area (Å²) in [5.41, 5.74) is 2.33. The third-order valence-corrected chi connectivity index (χ3v) is 5.89. The van der Waals surface area contributed by atoms with Crippen LogP contribution in [-0.2, 0) is 13.6 Å². The average Bonchev–Trinajstić information content (AvgIpc) is 2.98. The van der Waals surface area contributed by atoms with E-state index in [0.29, 0.717) is 0 Å². The van der Waals surface area contributed by atoms with Gasteiger partial charge in [0.1, 0.15) is 5.82 Å². The number of amides is 1. The highest BCUT2D eigenvalue weighted by Gasteiger charge is 2.22. The van der Waals surface area contributed by atoms with Crippen molar-refractivity contribution in [2.75, 3.05) is 26.2 Å². The largest absolute Gasteiger partial charge is 0.337 e. The Morgan fingerprint density at radius 1 is 1.17 bits per heavy atom. The van der Waals surface area contributed by atoms with Crippen LogP contribution in [0.4, 0.5) is 0 Å². The number of carbonyl (C=O) groups is 1. The van der Waals surface area contributed by atoms with E-state index in [-0.39, 0.29) is 5.91 Å². The molecule has 1 fully saturated rings. The van der Waals surface area contributed by atoms with E-state index in [1.54, 1.807) is 11.3 Å². The van der Waals surface area contributed by atoms with Crippen molar-refractivity contribution in [3.05, 3.63) is 39.1 Å². The topological polar surface area (TPSA) is 41.4 Å². The molecule has 24 heavy (non-hydrogen) atoms. The molecule has 2 aromatic heterocycles. The summed E-state index contributed by atoms with van der Waals surface area (Å²) < 4.78 is 2.18. The van der Waals surface area contributed by atoms with Crippen LogP contribution in [-0.4, -0.2) is 51.4 Å². The molecule has 2 aromatic rings. The Kier molecular flexibility index (Phi) is 5.06. The van der Waals surface area contributed by atoms with Gasteiger partial charge in [-0.1, -0.05) is 0 Å². The third kappa shape index (κ3) is 3.54. The number of hydrogen-bond donors (Lipinski definition) is 0. The summed E-state index contributed by atoms with van der Waals surface area (Å²) in [4.78, 5) is 23.8.